The number of hydrogen-bond donors (Lipinski definition) is 1. The summed E-state index contributed by atoms with van der Waals surface area (Å²) in [6.07, 6.45) is 0. The van der Waals surface area contributed by atoms with Crippen LogP contribution in [-0.4, -0.2) is 39.6 Å². The SMILES string of the molecule is Cc1nn(C)c(C(=O)N(C)C)c1Nc1ccccc1[N+](=O)[O-]. The zero-order valence-electron chi connectivity index (χ0n) is 12.8. The molecule has 8 nitrogen and oxygen atoms in total. The molecule has 1 N–H and O–H groups in total. The van der Waals surface area contributed by atoms with Crippen LogP contribution < -0.4 is 5.32 Å². The van der Waals surface area contributed by atoms with E-state index in [1.165, 1.54) is 15.6 Å². The van der Waals surface area contributed by atoms with Gasteiger partial charge < -0.3 is 10.2 Å². The van der Waals surface area contributed by atoms with Gasteiger partial charge in [0.2, 0.25) is 0 Å². The average molecular weight is 303 g/mol. The quantitative estimate of drug-likeness (QED) is 0.689. The third-order valence-electron chi connectivity index (χ3n) is 3.19. The van der Waals surface area contributed by atoms with Crippen LogP contribution in [0.1, 0.15) is 16.2 Å². The number of carbonyl (C=O) groups excluding carboxylic acids is 1. The first kappa shape index (κ1) is 15.5. The lowest BCUT2D eigenvalue weighted by molar-refractivity contribution is -0.383. The molecule has 2 aromatic rings. The summed E-state index contributed by atoms with van der Waals surface area (Å²) in [5, 5.41) is 18.3. The Labute approximate surface area is 127 Å². The van der Waals surface area contributed by atoms with E-state index in [2.05, 4.69) is 10.4 Å². The molecular weight excluding hydrogens is 286 g/mol. The number of aromatic nitrogens is 2. The monoisotopic (exact) mass is 303 g/mol. The summed E-state index contributed by atoms with van der Waals surface area (Å²) in [7, 11) is 4.94. The van der Waals surface area contributed by atoms with Crippen LogP contribution in [0.15, 0.2) is 24.3 Å². The molecule has 1 heterocycles. The highest BCUT2D eigenvalue weighted by atomic mass is 16.6. The van der Waals surface area contributed by atoms with E-state index in [9.17, 15) is 14.9 Å². The zero-order chi connectivity index (χ0) is 16.4. The van der Waals surface area contributed by atoms with Crippen LogP contribution in [0.5, 0.6) is 0 Å². The van der Waals surface area contributed by atoms with Crippen molar-refractivity contribution in [3.8, 4) is 0 Å². The van der Waals surface area contributed by atoms with Crippen LogP contribution in [0.3, 0.4) is 0 Å². The number of rotatable bonds is 4. The molecule has 0 aliphatic rings. The van der Waals surface area contributed by atoms with Gasteiger partial charge in [-0.05, 0) is 13.0 Å². The maximum absolute atomic E-state index is 12.3. The van der Waals surface area contributed by atoms with Gasteiger partial charge in [-0.25, -0.2) is 0 Å². The van der Waals surface area contributed by atoms with Crippen molar-refractivity contribution in [1.29, 1.82) is 0 Å². The number of aryl methyl sites for hydroxylation is 2. The van der Waals surface area contributed by atoms with Gasteiger partial charge in [-0.1, -0.05) is 12.1 Å². The molecular formula is C14H17N5O3. The van der Waals surface area contributed by atoms with E-state index in [0.29, 0.717) is 22.8 Å². The molecule has 0 bridgehead atoms. The fourth-order valence-corrected chi connectivity index (χ4v) is 2.14. The lowest BCUT2D eigenvalue weighted by Gasteiger charge is -2.13. The molecule has 1 aromatic heterocycles. The van der Waals surface area contributed by atoms with Gasteiger partial charge in [0, 0.05) is 27.2 Å². The van der Waals surface area contributed by atoms with Crippen molar-refractivity contribution in [3.63, 3.8) is 0 Å². The Morgan fingerprint density at radius 3 is 2.59 bits per heavy atom. The molecule has 0 fully saturated rings. The van der Waals surface area contributed by atoms with E-state index in [-0.39, 0.29) is 11.6 Å². The molecule has 0 atom stereocenters. The van der Waals surface area contributed by atoms with Gasteiger partial charge in [0.1, 0.15) is 11.4 Å². The number of benzene rings is 1. The fraction of sp³-hybridized carbons (Fsp3) is 0.286. The van der Waals surface area contributed by atoms with Crippen molar-refractivity contribution < 1.29 is 9.72 Å². The molecule has 22 heavy (non-hydrogen) atoms. The summed E-state index contributed by atoms with van der Waals surface area (Å²) in [6, 6.07) is 6.27. The largest absolute Gasteiger partial charge is 0.346 e. The number of nitro benzene ring substituents is 1. The third kappa shape index (κ3) is 2.76. The first-order chi connectivity index (χ1) is 10.3. The highest BCUT2D eigenvalue weighted by Crippen LogP contribution is 2.30. The Bertz CT molecular complexity index is 736. The normalized spacial score (nSPS) is 10.4. The molecule has 0 aliphatic carbocycles. The number of carbonyl (C=O) groups is 1. The van der Waals surface area contributed by atoms with Crippen molar-refractivity contribution in [3.05, 3.63) is 45.8 Å². The highest BCUT2D eigenvalue weighted by Gasteiger charge is 2.23. The fourth-order valence-electron chi connectivity index (χ4n) is 2.14. The van der Waals surface area contributed by atoms with Crippen molar-refractivity contribution >= 4 is 23.0 Å². The summed E-state index contributed by atoms with van der Waals surface area (Å²) in [4.78, 5) is 24.4. The van der Waals surface area contributed by atoms with Gasteiger partial charge in [-0.2, -0.15) is 5.10 Å². The van der Waals surface area contributed by atoms with E-state index in [1.54, 1.807) is 46.3 Å². The van der Waals surface area contributed by atoms with Crippen molar-refractivity contribution in [2.24, 2.45) is 7.05 Å². The van der Waals surface area contributed by atoms with Crippen LogP contribution in [0.2, 0.25) is 0 Å². The standard InChI is InChI=1S/C14H17N5O3/c1-9-12(13(18(4)16-9)14(20)17(2)3)15-10-7-5-6-8-11(10)19(21)22/h5-8,15H,1-4H3. The molecule has 2 rings (SSSR count). The number of anilines is 2. The minimum absolute atomic E-state index is 0.0611. The number of nitrogens with one attached hydrogen (secondary N) is 1. The number of nitrogens with zero attached hydrogens (tertiary/aromatic N) is 4. The Hall–Kier alpha value is -2.90. The summed E-state index contributed by atoms with van der Waals surface area (Å²) < 4.78 is 1.47. The van der Waals surface area contributed by atoms with Gasteiger partial charge >= 0.3 is 0 Å². The van der Waals surface area contributed by atoms with Crippen molar-refractivity contribution in [2.45, 2.75) is 6.92 Å². The van der Waals surface area contributed by atoms with Crippen LogP contribution in [0.4, 0.5) is 17.1 Å². The van der Waals surface area contributed by atoms with Crippen LogP contribution in [0, 0.1) is 17.0 Å². The molecule has 0 saturated heterocycles. The van der Waals surface area contributed by atoms with Crippen LogP contribution in [-0.2, 0) is 7.05 Å². The molecule has 1 amide bonds. The Balaban J connectivity index is 2.51. The minimum Gasteiger partial charge on any atom is -0.346 e. The second-order valence-electron chi connectivity index (χ2n) is 5.03. The summed E-state index contributed by atoms with van der Waals surface area (Å²) in [6.45, 7) is 1.74. The first-order valence-electron chi connectivity index (χ1n) is 6.58. The topological polar surface area (TPSA) is 93.3 Å². The van der Waals surface area contributed by atoms with E-state index in [4.69, 9.17) is 0 Å². The predicted octanol–water partition coefficient (Wildman–Crippen LogP) is 2.08. The van der Waals surface area contributed by atoms with E-state index >= 15 is 0 Å². The number of amides is 1. The van der Waals surface area contributed by atoms with Gasteiger partial charge in [0.15, 0.2) is 0 Å². The lowest BCUT2D eigenvalue weighted by Crippen LogP contribution is -2.25. The minimum atomic E-state index is -0.471. The molecule has 0 radical (unpaired) electrons. The summed E-state index contributed by atoms with van der Waals surface area (Å²) >= 11 is 0. The van der Waals surface area contributed by atoms with Gasteiger partial charge in [-0.15, -0.1) is 0 Å². The summed E-state index contributed by atoms with van der Waals surface area (Å²) in [5.74, 6) is -0.232. The maximum Gasteiger partial charge on any atom is 0.292 e. The molecule has 0 aliphatic heterocycles. The number of hydrogen-bond acceptors (Lipinski definition) is 5. The Morgan fingerprint density at radius 2 is 2.00 bits per heavy atom. The number of para-hydroxylation sites is 2. The van der Waals surface area contributed by atoms with Gasteiger partial charge in [0.25, 0.3) is 11.6 Å². The van der Waals surface area contributed by atoms with Crippen LogP contribution in [0.25, 0.3) is 0 Å². The highest BCUT2D eigenvalue weighted by molar-refractivity contribution is 5.99. The Kier molecular flexibility index (Phi) is 4.11. The van der Waals surface area contributed by atoms with Gasteiger partial charge in [0.05, 0.1) is 16.3 Å². The van der Waals surface area contributed by atoms with Crippen molar-refractivity contribution in [1.82, 2.24) is 14.7 Å². The first-order valence-corrected chi connectivity index (χ1v) is 6.58. The van der Waals surface area contributed by atoms with Crippen LogP contribution >= 0.6 is 0 Å². The second-order valence-corrected chi connectivity index (χ2v) is 5.03. The third-order valence-corrected chi connectivity index (χ3v) is 3.19. The van der Waals surface area contributed by atoms with E-state index in [0.717, 1.165) is 0 Å². The van der Waals surface area contributed by atoms with Crippen molar-refractivity contribution in [2.75, 3.05) is 19.4 Å². The summed E-state index contributed by atoms with van der Waals surface area (Å²) in [5.41, 5.74) is 1.66. The molecule has 116 valence electrons. The predicted molar refractivity (Wildman–Crippen MR) is 82.3 cm³/mol. The van der Waals surface area contributed by atoms with E-state index in [1.807, 2.05) is 0 Å². The smallest absolute Gasteiger partial charge is 0.292 e. The Morgan fingerprint density at radius 1 is 1.36 bits per heavy atom. The van der Waals surface area contributed by atoms with E-state index < -0.39 is 4.92 Å². The lowest BCUT2D eigenvalue weighted by atomic mass is 10.2. The average Bonchev–Trinajstić information content (AvgIpc) is 2.72. The molecule has 1 aromatic carbocycles. The van der Waals surface area contributed by atoms with Gasteiger partial charge in [-0.3, -0.25) is 19.6 Å². The molecule has 0 saturated carbocycles. The zero-order valence-corrected chi connectivity index (χ0v) is 12.8. The molecule has 0 spiro atoms. The number of nitro groups is 1. The second kappa shape index (κ2) is 5.84. The maximum atomic E-state index is 12.3. The molecule has 8 heteroatoms. The molecule has 0 unspecified atom stereocenters.